The largest absolute Gasteiger partial charge is 0.354 e. The average Bonchev–Trinajstić information content (AvgIpc) is 2.79. The minimum atomic E-state index is -1.45. The number of nitrogens with one attached hydrogen (secondary N) is 1. The molecule has 166 valence electrons. The Labute approximate surface area is 198 Å². The molecule has 0 aliphatic carbocycles. The van der Waals surface area contributed by atoms with E-state index in [1.54, 1.807) is 6.07 Å². The maximum atomic E-state index is 14.8. The second kappa shape index (κ2) is 11.2. The Morgan fingerprint density at radius 2 is 1.66 bits per heavy atom. The van der Waals surface area contributed by atoms with Gasteiger partial charge in [-0.2, -0.15) is 0 Å². The van der Waals surface area contributed by atoms with Crippen LogP contribution >= 0.6 is 27.5 Å². The van der Waals surface area contributed by atoms with E-state index in [0.29, 0.717) is 10.9 Å². The standard InChI is InChI=1S/C24H20BrClF2N2O2/c25-17-10-11-21(20(28)14-17)30(22(31)15-26)23(18-8-4-5-9-19(18)27)24(32)29-13-12-16-6-2-1-3-7-16/h1-11,14,23H,12-13,15H2,(H,29,32)/t23-/m0/s1. The van der Waals surface area contributed by atoms with Gasteiger partial charge in [0.15, 0.2) is 0 Å². The Morgan fingerprint density at radius 3 is 2.31 bits per heavy atom. The van der Waals surface area contributed by atoms with Gasteiger partial charge >= 0.3 is 0 Å². The van der Waals surface area contributed by atoms with Crippen LogP contribution in [0.15, 0.2) is 77.3 Å². The molecule has 8 heteroatoms. The van der Waals surface area contributed by atoms with E-state index in [9.17, 15) is 18.4 Å². The van der Waals surface area contributed by atoms with E-state index in [0.717, 1.165) is 16.5 Å². The lowest BCUT2D eigenvalue weighted by atomic mass is 10.0. The van der Waals surface area contributed by atoms with Crippen molar-refractivity contribution in [3.8, 4) is 0 Å². The van der Waals surface area contributed by atoms with Crippen molar-refractivity contribution in [3.63, 3.8) is 0 Å². The first kappa shape index (κ1) is 23.9. The lowest BCUT2D eigenvalue weighted by Gasteiger charge is -2.31. The number of alkyl halides is 1. The number of carbonyl (C=O) groups excluding carboxylic acids is 2. The molecule has 0 unspecified atom stereocenters. The highest BCUT2D eigenvalue weighted by Gasteiger charge is 2.35. The van der Waals surface area contributed by atoms with Crippen LogP contribution in [0.4, 0.5) is 14.5 Å². The van der Waals surface area contributed by atoms with Crippen molar-refractivity contribution in [2.75, 3.05) is 17.3 Å². The molecule has 3 rings (SSSR count). The first-order chi connectivity index (χ1) is 15.4. The lowest BCUT2D eigenvalue weighted by Crippen LogP contribution is -2.45. The summed E-state index contributed by atoms with van der Waals surface area (Å²) in [5.41, 5.74) is 0.763. The van der Waals surface area contributed by atoms with Gasteiger partial charge in [-0.05, 0) is 36.2 Å². The number of halogens is 4. The smallest absolute Gasteiger partial charge is 0.247 e. The van der Waals surface area contributed by atoms with Crippen LogP contribution in [-0.4, -0.2) is 24.2 Å². The fraction of sp³-hybridized carbons (Fsp3) is 0.167. The normalized spacial score (nSPS) is 11.6. The zero-order valence-corrected chi connectivity index (χ0v) is 19.2. The second-order valence-electron chi connectivity index (χ2n) is 6.94. The van der Waals surface area contributed by atoms with Gasteiger partial charge in [0, 0.05) is 16.6 Å². The summed E-state index contributed by atoms with van der Waals surface area (Å²) in [5, 5.41) is 2.74. The lowest BCUT2D eigenvalue weighted by molar-refractivity contribution is -0.126. The molecule has 0 aliphatic rings. The first-order valence-electron chi connectivity index (χ1n) is 9.81. The summed E-state index contributed by atoms with van der Waals surface area (Å²) >= 11 is 8.96. The van der Waals surface area contributed by atoms with Crippen LogP contribution in [0, 0.1) is 11.6 Å². The summed E-state index contributed by atoms with van der Waals surface area (Å²) in [6.45, 7) is 0.250. The Hall–Kier alpha value is -2.77. The predicted molar refractivity (Wildman–Crippen MR) is 125 cm³/mol. The van der Waals surface area contributed by atoms with E-state index in [1.165, 1.54) is 30.3 Å². The summed E-state index contributed by atoms with van der Waals surface area (Å²) in [4.78, 5) is 26.9. The number of rotatable bonds is 8. The maximum absolute atomic E-state index is 14.8. The van der Waals surface area contributed by atoms with E-state index in [1.807, 2.05) is 30.3 Å². The molecule has 0 saturated heterocycles. The van der Waals surface area contributed by atoms with Gasteiger partial charge in [-0.1, -0.05) is 64.5 Å². The Bertz CT molecular complexity index is 1100. The highest BCUT2D eigenvalue weighted by atomic mass is 79.9. The fourth-order valence-corrected chi connectivity index (χ4v) is 3.79. The van der Waals surface area contributed by atoms with Gasteiger partial charge in [0.2, 0.25) is 11.8 Å². The summed E-state index contributed by atoms with van der Waals surface area (Å²) in [5.74, 6) is -3.35. The third kappa shape index (κ3) is 5.72. The van der Waals surface area contributed by atoms with Gasteiger partial charge in [0.25, 0.3) is 0 Å². The minimum Gasteiger partial charge on any atom is -0.354 e. The van der Waals surface area contributed by atoms with Crippen LogP contribution in [0.25, 0.3) is 0 Å². The number of nitrogens with zero attached hydrogens (tertiary/aromatic N) is 1. The molecular weight excluding hydrogens is 502 g/mol. The second-order valence-corrected chi connectivity index (χ2v) is 8.13. The van der Waals surface area contributed by atoms with Gasteiger partial charge in [-0.15, -0.1) is 11.6 Å². The molecule has 0 bridgehead atoms. The van der Waals surface area contributed by atoms with Gasteiger partial charge in [0.05, 0.1) is 5.69 Å². The van der Waals surface area contributed by atoms with Crippen LogP contribution < -0.4 is 10.2 Å². The molecule has 0 fully saturated rings. The van der Waals surface area contributed by atoms with Crippen molar-refractivity contribution >= 4 is 45.0 Å². The SMILES string of the molecule is O=C(NCCc1ccccc1)[C@H](c1ccccc1F)N(C(=O)CCl)c1ccc(Br)cc1F. The highest BCUT2D eigenvalue weighted by Crippen LogP contribution is 2.33. The Morgan fingerprint density at radius 1 is 0.969 bits per heavy atom. The van der Waals surface area contributed by atoms with Gasteiger partial charge in [-0.25, -0.2) is 8.78 Å². The molecule has 0 aliphatic heterocycles. The Balaban J connectivity index is 1.98. The third-order valence-electron chi connectivity index (χ3n) is 4.81. The molecule has 1 atom stereocenters. The number of amides is 2. The number of anilines is 1. The zero-order chi connectivity index (χ0) is 23.1. The number of hydrogen-bond donors (Lipinski definition) is 1. The van der Waals surface area contributed by atoms with Crippen molar-refractivity contribution in [2.45, 2.75) is 12.5 Å². The fourth-order valence-electron chi connectivity index (χ4n) is 3.32. The quantitative estimate of drug-likeness (QED) is 0.404. The molecule has 2 amide bonds. The van der Waals surface area contributed by atoms with Crippen molar-refractivity contribution in [1.82, 2.24) is 5.32 Å². The van der Waals surface area contributed by atoms with Gasteiger partial charge in [0.1, 0.15) is 23.6 Å². The van der Waals surface area contributed by atoms with Crippen LogP contribution in [-0.2, 0) is 16.0 Å². The molecule has 0 spiro atoms. The molecule has 0 radical (unpaired) electrons. The van der Waals surface area contributed by atoms with Crippen molar-refractivity contribution < 1.29 is 18.4 Å². The van der Waals surface area contributed by atoms with Crippen molar-refractivity contribution in [2.24, 2.45) is 0 Å². The van der Waals surface area contributed by atoms with E-state index in [2.05, 4.69) is 21.2 Å². The average molecular weight is 522 g/mol. The summed E-state index contributed by atoms with van der Waals surface area (Å²) in [6.07, 6.45) is 0.534. The third-order valence-corrected chi connectivity index (χ3v) is 5.54. The molecule has 0 aromatic heterocycles. The van der Waals surface area contributed by atoms with Crippen LogP contribution in [0.3, 0.4) is 0 Å². The topological polar surface area (TPSA) is 49.4 Å². The molecule has 1 N–H and O–H groups in total. The molecule has 0 heterocycles. The first-order valence-corrected chi connectivity index (χ1v) is 11.1. The molecule has 3 aromatic rings. The molecule has 3 aromatic carbocycles. The minimum absolute atomic E-state index is 0.0644. The number of carbonyl (C=O) groups is 2. The number of benzene rings is 3. The molecular formula is C24H20BrClF2N2O2. The van der Waals surface area contributed by atoms with Gasteiger partial charge in [-0.3, -0.25) is 14.5 Å². The van der Waals surface area contributed by atoms with E-state index in [4.69, 9.17) is 11.6 Å². The highest BCUT2D eigenvalue weighted by molar-refractivity contribution is 9.10. The van der Waals surface area contributed by atoms with Crippen LogP contribution in [0.5, 0.6) is 0 Å². The zero-order valence-electron chi connectivity index (χ0n) is 16.9. The van der Waals surface area contributed by atoms with Crippen molar-refractivity contribution in [3.05, 3.63) is 100 Å². The van der Waals surface area contributed by atoms with Gasteiger partial charge < -0.3 is 5.32 Å². The monoisotopic (exact) mass is 520 g/mol. The summed E-state index contributed by atoms with van der Waals surface area (Å²) < 4.78 is 30.0. The predicted octanol–water partition coefficient (Wildman–Crippen LogP) is 5.40. The van der Waals surface area contributed by atoms with Crippen LogP contribution in [0.2, 0.25) is 0 Å². The Kier molecular flexibility index (Phi) is 8.36. The molecule has 32 heavy (non-hydrogen) atoms. The van der Waals surface area contributed by atoms with E-state index in [-0.39, 0.29) is 17.8 Å². The van der Waals surface area contributed by atoms with Crippen LogP contribution in [0.1, 0.15) is 17.2 Å². The molecule has 4 nitrogen and oxygen atoms in total. The number of hydrogen-bond acceptors (Lipinski definition) is 2. The van der Waals surface area contributed by atoms with Crippen molar-refractivity contribution in [1.29, 1.82) is 0 Å². The van der Waals surface area contributed by atoms with E-state index < -0.39 is 35.4 Å². The summed E-state index contributed by atoms with van der Waals surface area (Å²) in [7, 11) is 0. The molecule has 0 saturated carbocycles. The summed E-state index contributed by atoms with van der Waals surface area (Å²) in [6, 6.07) is 17.7. The maximum Gasteiger partial charge on any atom is 0.247 e. The van der Waals surface area contributed by atoms with E-state index >= 15 is 0 Å².